The summed E-state index contributed by atoms with van der Waals surface area (Å²) >= 11 is 3.61. The first-order valence-electron chi connectivity index (χ1n) is 23.2. The van der Waals surface area contributed by atoms with Gasteiger partial charge in [-0.1, -0.05) is 164 Å². The third-order valence-corrected chi connectivity index (χ3v) is 15.7. The lowest BCUT2D eigenvalue weighted by atomic mass is 9.99. The summed E-state index contributed by atoms with van der Waals surface area (Å²) < 4.78 is 7.38. The van der Waals surface area contributed by atoms with Crippen LogP contribution in [0, 0.1) is 0 Å². The minimum atomic E-state index is 0.619. The minimum absolute atomic E-state index is 0.619. The van der Waals surface area contributed by atoms with E-state index in [9.17, 15) is 0 Å². The molecule has 4 nitrogen and oxygen atoms in total. The molecule has 0 radical (unpaired) electrons. The number of hydrogen-bond donors (Lipinski definition) is 0. The van der Waals surface area contributed by atoms with Crippen molar-refractivity contribution in [2.45, 2.75) is 0 Å². The van der Waals surface area contributed by atoms with Crippen LogP contribution in [0.5, 0.6) is 0 Å². The van der Waals surface area contributed by atoms with E-state index in [-0.39, 0.29) is 0 Å². The fourth-order valence-electron chi connectivity index (χ4n) is 10.1. The molecule has 0 fully saturated rings. The summed E-state index contributed by atoms with van der Waals surface area (Å²) in [6.07, 6.45) is 0. The summed E-state index contributed by atoms with van der Waals surface area (Å²) in [5.74, 6) is 1.90. The summed E-state index contributed by atoms with van der Waals surface area (Å²) in [5, 5.41) is 7.41. The van der Waals surface area contributed by atoms with E-state index >= 15 is 0 Å². The molecule has 0 unspecified atom stereocenters. The summed E-state index contributed by atoms with van der Waals surface area (Å²) in [7, 11) is 0. The van der Waals surface area contributed by atoms with Gasteiger partial charge in [0, 0.05) is 73.4 Å². The van der Waals surface area contributed by atoms with Crippen molar-refractivity contribution < 1.29 is 0 Å². The van der Waals surface area contributed by atoms with E-state index in [0.717, 1.165) is 44.5 Å². The van der Waals surface area contributed by atoms with Crippen LogP contribution in [0.1, 0.15) is 0 Å². The zero-order valence-electron chi connectivity index (χ0n) is 37.0. The topological polar surface area (TPSA) is 43.6 Å². The molecule has 69 heavy (non-hydrogen) atoms. The van der Waals surface area contributed by atoms with E-state index < -0.39 is 0 Å². The first kappa shape index (κ1) is 39.6. The summed E-state index contributed by atoms with van der Waals surface area (Å²) in [5.41, 5.74) is 13.1. The highest BCUT2D eigenvalue weighted by molar-refractivity contribution is 7.26. The van der Waals surface area contributed by atoms with Crippen molar-refractivity contribution in [2.24, 2.45) is 0 Å². The van der Waals surface area contributed by atoms with Gasteiger partial charge in [0.15, 0.2) is 17.5 Å². The number of thiophene rings is 2. The second-order valence-corrected chi connectivity index (χ2v) is 19.7. The highest BCUT2D eigenvalue weighted by Gasteiger charge is 2.21. The number of hydrogen-bond acceptors (Lipinski definition) is 5. The van der Waals surface area contributed by atoms with Crippen LogP contribution in [0.15, 0.2) is 231 Å². The zero-order chi connectivity index (χ0) is 45.4. The van der Waals surface area contributed by atoms with Crippen LogP contribution in [0.3, 0.4) is 0 Å². The van der Waals surface area contributed by atoms with E-state index in [1.54, 1.807) is 22.7 Å². The summed E-state index contributed by atoms with van der Waals surface area (Å²) in [6, 6.07) is 83.0. The molecule has 0 saturated heterocycles. The molecule has 0 aliphatic heterocycles. The Morgan fingerprint density at radius 1 is 0.261 bits per heavy atom. The molecule has 6 heteroatoms. The van der Waals surface area contributed by atoms with Crippen LogP contribution in [0.2, 0.25) is 0 Å². The minimum Gasteiger partial charge on any atom is -0.309 e. The van der Waals surface area contributed by atoms with Crippen LogP contribution in [0.25, 0.3) is 135 Å². The molecule has 0 atom stereocenters. The number of benzene rings is 10. The lowest BCUT2D eigenvalue weighted by Gasteiger charge is -2.16. The third-order valence-electron chi connectivity index (χ3n) is 13.5. The number of rotatable bonds is 7. The Morgan fingerprint density at radius 2 is 0.652 bits per heavy atom. The molecule has 0 amide bonds. The number of fused-ring (bicyclic) bond motifs is 9. The molecule has 4 aromatic heterocycles. The molecule has 0 saturated carbocycles. The van der Waals surface area contributed by atoms with E-state index in [2.05, 4.69) is 235 Å². The molecule has 0 aliphatic carbocycles. The molecular formula is C63H38N4S2. The van der Waals surface area contributed by atoms with Crippen LogP contribution < -0.4 is 0 Å². The first-order valence-corrected chi connectivity index (χ1v) is 24.8. The van der Waals surface area contributed by atoms with Gasteiger partial charge in [-0.25, -0.2) is 15.0 Å². The van der Waals surface area contributed by atoms with Crippen LogP contribution in [0.4, 0.5) is 0 Å². The highest BCUT2D eigenvalue weighted by Crippen LogP contribution is 2.42. The molecule has 14 aromatic rings. The van der Waals surface area contributed by atoms with Crippen molar-refractivity contribution in [3.8, 4) is 73.2 Å². The predicted molar refractivity (Wildman–Crippen MR) is 293 cm³/mol. The van der Waals surface area contributed by atoms with Gasteiger partial charge in [-0.05, 0) is 94.5 Å². The fraction of sp³-hybridized carbons (Fsp3) is 0. The van der Waals surface area contributed by atoms with Crippen molar-refractivity contribution in [3.63, 3.8) is 0 Å². The third kappa shape index (κ3) is 6.75. The SMILES string of the molecule is c1ccc(-c2ccc3c(c2)c2cc(-c4ccccc4)ccc2n3-c2ccc(-c3nc(-c4ccc5c(c4)sc4ccccc45)nc(-c4ccc5c(c4)sc4ccccc45)n3)cc2-c2ccccc2)cc1. The maximum absolute atomic E-state index is 5.34. The summed E-state index contributed by atoms with van der Waals surface area (Å²) in [4.78, 5) is 15.9. The van der Waals surface area contributed by atoms with Gasteiger partial charge in [0.25, 0.3) is 0 Å². The van der Waals surface area contributed by atoms with Gasteiger partial charge in [-0.15, -0.1) is 22.7 Å². The molecular weight excluding hydrogens is 877 g/mol. The number of aromatic nitrogens is 4. The van der Waals surface area contributed by atoms with Gasteiger partial charge in [-0.2, -0.15) is 0 Å². The smallest absolute Gasteiger partial charge is 0.164 e. The normalized spacial score (nSPS) is 11.8. The maximum atomic E-state index is 5.34. The van der Waals surface area contributed by atoms with Crippen molar-refractivity contribution in [1.29, 1.82) is 0 Å². The standard InChI is InChI=1S/C63H38N4S2/c1-4-14-39(15-5-1)42-26-31-55-52(34-42)53-35-43(40-16-6-2-7-17-40)27-32-56(53)67(55)54-33-28-44(36-51(54)41-18-8-3-9-19-41)61-64-62(45-24-29-49-47-20-10-12-22-57(47)68-59(49)37-45)66-63(65-61)46-25-30-50-48-21-11-13-23-58(48)69-60(50)38-46/h1-38H. The van der Waals surface area contributed by atoms with Crippen LogP contribution in [-0.2, 0) is 0 Å². The van der Waals surface area contributed by atoms with Crippen LogP contribution >= 0.6 is 22.7 Å². The second-order valence-electron chi connectivity index (χ2n) is 17.6. The van der Waals surface area contributed by atoms with Gasteiger partial charge in [0.2, 0.25) is 0 Å². The molecule has 10 aromatic carbocycles. The number of nitrogens with zero attached hydrogens (tertiary/aromatic N) is 4. The largest absolute Gasteiger partial charge is 0.309 e. The second kappa shape index (κ2) is 16.1. The van der Waals surface area contributed by atoms with Gasteiger partial charge in [0.05, 0.1) is 16.7 Å². The lowest BCUT2D eigenvalue weighted by molar-refractivity contribution is 1.07. The van der Waals surface area contributed by atoms with E-state index in [0.29, 0.717) is 17.5 Å². The average molecular weight is 915 g/mol. The Labute approximate surface area is 405 Å². The Bertz CT molecular complexity index is 4070. The molecule has 0 spiro atoms. The van der Waals surface area contributed by atoms with Gasteiger partial charge in [0.1, 0.15) is 0 Å². The monoisotopic (exact) mass is 914 g/mol. The van der Waals surface area contributed by atoms with Gasteiger partial charge < -0.3 is 4.57 Å². The van der Waals surface area contributed by atoms with Crippen LogP contribution in [-0.4, -0.2) is 19.5 Å². The Kier molecular flexibility index (Phi) is 9.22. The van der Waals surface area contributed by atoms with E-state index in [1.165, 1.54) is 73.4 Å². The summed E-state index contributed by atoms with van der Waals surface area (Å²) in [6.45, 7) is 0. The first-order chi connectivity index (χ1) is 34.2. The zero-order valence-corrected chi connectivity index (χ0v) is 38.7. The molecule has 14 rings (SSSR count). The average Bonchev–Trinajstić information content (AvgIpc) is 4.10. The molecule has 4 heterocycles. The van der Waals surface area contributed by atoms with E-state index in [1.807, 2.05) is 0 Å². The van der Waals surface area contributed by atoms with Crippen molar-refractivity contribution in [1.82, 2.24) is 19.5 Å². The molecule has 322 valence electrons. The molecule has 0 aliphatic rings. The van der Waals surface area contributed by atoms with Gasteiger partial charge in [-0.3, -0.25) is 0 Å². The highest BCUT2D eigenvalue weighted by atomic mass is 32.1. The van der Waals surface area contributed by atoms with E-state index in [4.69, 9.17) is 15.0 Å². The Morgan fingerprint density at radius 3 is 1.14 bits per heavy atom. The quantitative estimate of drug-likeness (QED) is 0.160. The lowest BCUT2D eigenvalue weighted by Crippen LogP contribution is -2.02. The molecule has 0 bridgehead atoms. The Hall–Kier alpha value is -8.55. The maximum Gasteiger partial charge on any atom is 0.164 e. The Balaban J connectivity index is 0.982. The van der Waals surface area contributed by atoms with Crippen molar-refractivity contribution in [3.05, 3.63) is 231 Å². The molecule has 0 N–H and O–H groups in total. The fourth-order valence-corrected chi connectivity index (χ4v) is 12.4. The van der Waals surface area contributed by atoms with Gasteiger partial charge >= 0.3 is 0 Å². The van der Waals surface area contributed by atoms with Crippen molar-refractivity contribution in [2.75, 3.05) is 0 Å². The van der Waals surface area contributed by atoms with Crippen molar-refractivity contribution >= 4 is 84.8 Å². The predicted octanol–water partition coefficient (Wildman–Crippen LogP) is 17.7.